The molecule has 0 spiro atoms. The lowest BCUT2D eigenvalue weighted by molar-refractivity contribution is 0.0711. The first-order chi connectivity index (χ1) is 11.4. The maximum atomic E-state index is 13.7. The van der Waals surface area contributed by atoms with E-state index in [1.807, 2.05) is 0 Å². The van der Waals surface area contributed by atoms with Crippen LogP contribution in [-0.4, -0.2) is 18.9 Å². The molecule has 12 heteroatoms. The van der Waals surface area contributed by atoms with E-state index in [1.54, 1.807) is 0 Å². The summed E-state index contributed by atoms with van der Waals surface area (Å²) in [5.41, 5.74) is -0.818. The fraction of sp³-hybridized carbons (Fsp3) is 0. The Bertz CT molecular complexity index is 964. The number of rotatable bonds is 3. The Labute approximate surface area is 144 Å². The van der Waals surface area contributed by atoms with E-state index in [1.165, 1.54) is 6.07 Å². The van der Waals surface area contributed by atoms with Crippen molar-refractivity contribution in [2.75, 3.05) is 0 Å². The zero-order chi connectivity index (χ0) is 19.1. The Balaban J connectivity index is 2.56. The third kappa shape index (κ3) is 3.65. The number of halogens is 6. The highest BCUT2D eigenvalue weighted by Gasteiger charge is 2.34. The van der Waals surface area contributed by atoms with Crippen LogP contribution in [-0.2, 0) is 10.1 Å². The van der Waals surface area contributed by atoms with Gasteiger partial charge < -0.3 is 4.74 Å². The third-order valence-electron chi connectivity index (χ3n) is 2.79. The van der Waals surface area contributed by atoms with Gasteiger partial charge in [-0.25, -0.2) is 18.0 Å². The Morgan fingerprint density at radius 3 is 1.96 bits per heavy atom. The van der Waals surface area contributed by atoms with Crippen molar-refractivity contribution >= 4 is 32.0 Å². The molecule has 134 valence electrons. The van der Waals surface area contributed by atoms with Crippen LogP contribution in [0.5, 0.6) is 5.75 Å². The van der Waals surface area contributed by atoms with Gasteiger partial charge in [0.05, 0.1) is 5.56 Å². The molecule has 2 aromatic carbocycles. The van der Waals surface area contributed by atoms with Gasteiger partial charge in [-0.1, -0.05) is 15.9 Å². The third-order valence-corrected chi connectivity index (χ3v) is 4.15. The van der Waals surface area contributed by atoms with E-state index < -0.39 is 61.4 Å². The number of benzene rings is 2. The molecule has 5 nitrogen and oxygen atoms in total. The van der Waals surface area contributed by atoms with Gasteiger partial charge in [0, 0.05) is 4.47 Å². The molecule has 0 heterocycles. The van der Waals surface area contributed by atoms with Gasteiger partial charge in [-0.15, -0.1) is 0 Å². The first-order valence-corrected chi connectivity index (χ1v) is 8.19. The molecule has 2 rings (SSSR count). The van der Waals surface area contributed by atoms with Crippen LogP contribution in [0.3, 0.4) is 0 Å². The number of carbonyl (C=O) groups excluding carboxylic acids is 1. The molecule has 2 aromatic rings. The van der Waals surface area contributed by atoms with Crippen LogP contribution in [0, 0.1) is 29.1 Å². The monoisotopic (exact) mass is 446 g/mol. The van der Waals surface area contributed by atoms with Gasteiger partial charge in [0.25, 0.3) is 0 Å². The highest BCUT2D eigenvalue weighted by atomic mass is 79.9. The lowest BCUT2D eigenvalue weighted by Crippen LogP contribution is -2.16. The van der Waals surface area contributed by atoms with E-state index in [2.05, 4.69) is 20.7 Å². The number of esters is 1. The molecule has 0 atom stereocenters. The summed E-state index contributed by atoms with van der Waals surface area (Å²) in [6.07, 6.45) is 0. The van der Waals surface area contributed by atoms with Gasteiger partial charge in [-0.05, 0) is 18.2 Å². The van der Waals surface area contributed by atoms with Crippen molar-refractivity contribution in [2.24, 2.45) is 0 Å². The summed E-state index contributed by atoms with van der Waals surface area (Å²) >= 11 is 2.89. The summed E-state index contributed by atoms with van der Waals surface area (Å²) in [7, 11) is -5.65. The Morgan fingerprint density at radius 1 is 1.00 bits per heavy atom. The summed E-state index contributed by atoms with van der Waals surface area (Å²) < 4.78 is 103. The number of hydrogen-bond donors (Lipinski definition) is 1. The van der Waals surface area contributed by atoms with E-state index in [-0.39, 0.29) is 4.47 Å². The SMILES string of the molecule is O=C(Oc1c(F)c(F)c(S(=O)(=O)O)c(F)c1F)c1ccc(Br)cc1F. The van der Waals surface area contributed by atoms with Gasteiger partial charge >= 0.3 is 16.1 Å². The first-order valence-electron chi connectivity index (χ1n) is 5.95. The normalized spacial score (nSPS) is 11.5. The summed E-state index contributed by atoms with van der Waals surface area (Å²) in [6.45, 7) is 0. The largest absolute Gasteiger partial charge is 0.416 e. The van der Waals surface area contributed by atoms with Crippen molar-refractivity contribution in [1.29, 1.82) is 0 Å². The minimum Gasteiger partial charge on any atom is -0.416 e. The van der Waals surface area contributed by atoms with Crippen molar-refractivity contribution in [2.45, 2.75) is 4.90 Å². The van der Waals surface area contributed by atoms with Crippen LogP contribution < -0.4 is 4.74 Å². The topological polar surface area (TPSA) is 80.7 Å². The molecule has 0 fully saturated rings. The Hall–Kier alpha value is -2.05. The van der Waals surface area contributed by atoms with Crippen LogP contribution in [0.15, 0.2) is 27.6 Å². The fourth-order valence-corrected chi connectivity index (χ4v) is 2.68. The van der Waals surface area contributed by atoms with Gasteiger partial charge in [-0.2, -0.15) is 17.2 Å². The smallest absolute Gasteiger partial charge is 0.346 e. The molecule has 0 saturated carbocycles. The second kappa shape index (κ2) is 6.69. The average molecular weight is 447 g/mol. The molecular formula is C13H4BrF5O5S. The quantitative estimate of drug-likeness (QED) is 0.256. The van der Waals surface area contributed by atoms with Crippen LogP contribution in [0.2, 0.25) is 0 Å². The van der Waals surface area contributed by atoms with Gasteiger partial charge in [-0.3, -0.25) is 4.55 Å². The van der Waals surface area contributed by atoms with E-state index in [4.69, 9.17) is 4.55 Å². The lowest BCUT2D eigenvalue weighted by atomic mass is 10.2. The molecule has 0 amide bonds. The minimum atomic E-state index is -5.65. The molecule has 0 unspecified atom stereocenters. The van der Waals surface area contributed by atoms with Gasteiger partial charge in [0.2, 0.25) is 17.4 Å². The van der Waals surface area contributed by atoms with Crippen LogP contribution in [0.1, 0.15) is 10.4 Å². The molecular weight excluding hydrogens is 443 g/mol. The summed E-state index contributed by atoms with van der Waals surface area (Å²) in [4.78, 5) is 9.44. The maximum Gasteiger partial charge on any atom is 0.346 e. The van der Waals surface area contributed by atoms with Gasteiger partial charge in [0.1, 0.15) is 5.82 Å². The van der Waals surface area contributed by atoms with Crippen molar-refractivity contribution < 1.29 is 44.5 Å². The van der Waals surface area contributed by atoms with Crippen molar-refractivity contribution in [3.8, 4) is 5.75 Å². The van der Waals surface area contributed by atoms with Crippen LogP contribution >= 0.6 is 15.9 Å². The predicted octanol–water partition coefficient (Wildman–Crippen LogP) is 3.61. The molecule has 0 aliphatic heterocycles. The van der Waals surface area contributed by atoms with E-state index in [9.17, 15) is 35.2 Å². The predicted molar refractivity (Wildman–Crippen MR) is 75.1 cm³/mol. The highest BCUT2D eigenvalue weighted by molar-refractivity contribution is 9.10. The molecule has 0 aliphatic carbocycles. The zero-order valence-electron chi connectivity index (χ0n) is 11.5. The molecule has 1 N–H and O–H groups in total. The highest BCUT2D eigenvalue weighted by Crippen LogP contribution is 2.33. The molecule has 0 aliphatic rings. The standard InChI is InChI=1S/C13H4BrF5O5S/c14-4-1-2-5(6(15)3-4)13(20)24-11-7(16)9(18)12(25(21,22)23)10(19)8(11)17/h1-3H,(H,21,22,23). The molecule has 25 heavy (non-hydrogen) atoms. The zero-order valence-corrected chi connectivity index (χ0v) is 13.9. The summed E-state index contributed by atoms with van der Waals surface area (Å²) in [5.74, 6) is -14.7. The van der Waals surface area contributed by atoms with Crippen LogP contribution in [0.25, 0.3) is 0 Å². The van der Waals surface area contributed by atoms with Crippen molar-refractivity contribution in [3.05, 3.63) is 57.3 Å². The molecule has 0 aromatic heterocycles. The van der Waals surface area contributed by atoms with E-state index in [0.29, 0.717) is 0 Å². The fourth-order valence-electron chi connectivity index (χ4n) is 1.71. The first kappa shape index (κ1) is 19.3. The van der Waals surface area contributed by atoms with E-state index in [0.717, 1.165) is 12.1 Å². The molecule has 0 radical (unpaired) electrons. The number of hydrogen-bond acceptors (Lipinski definition) is 4. The number of ether oxygens (including phenoxy) is 1. The number of carbonyl (C=O) groups is 1. The average Bonchev–Trinajstić information content (AvgIpc) is 2.48. The van der Waals surface area contributed by atoms with Gasteiger partial charge in [0.15, 0.2) is 16.5 Å². The van der Waals surface area contributed by atoms with E-state index >= 15 is 0 Å². The summed E-state index contributed by atoms with van der Waals surface area (Å²) in [5, 5.41) is 0. The minimum absolute atomic E-state index is 0.216. The lowest BCUT2D eigenvalue weighted by Gasteiger charge is -2.11. The van der Waals surface area contributed by atoms with Crippen LogP contribution in [0.4, 0.5) is 22.0 Å². The molecule has 0 saturated heterocycles. The maximum absolute atomic E-state index is 13.7. The van der Waals surface area contributed by atoms with Crippen molar-refractivity contribution in [3.63, 3.8) is 0 Å². The summed E-state index contributed by atoms with van der Waals surface area (Å²) in [6, 6.07) is 2.84. The second-order valence-corrected chi connectivity index (χ2v) is 6.68. The Morgan fingerprint density at radius 2 is 1.52 bits per heavy atom. The second-order valence-electron chi connectivity index (χ2n) is 4.40. The van der Waals surface area contributed by atoms with Crippen molar-refractivity contribution in [1.82, 2.24) is 0 Å². The Kier molecular flexibility index (Phi) is 5.16. The molecule has 0 bridgehead atoms.